The van der Waals surface area contributed by atoms with E-state index in [-0.39, 0.29) is 17.7 Å². The normalized spacial score (nSPS) is 22.8. The molecule has 1 heterocycles. The molecule has 2 atom stereocenters. The summed E-state index contributed by atoms with van der Waals surface area (Å²) in [5.41, 5.74) is 0.647. The highest BCUT2D eigenvalue weighted by molar-refractivity contribution is 5.38. The van der Waals surface area contributed by atoms with Gasteiger partial charge < -0.3 is 4.74 Å². The number of anilines is 1. The summed E-state index contributed by atoms with van der Waals surface area (Å²) in [5, 5.41) is 11.6. The van der Waals surface area contributed by atoms with Gasteiger partial charge in [-0.05, 0) is 46.2 Å². The molecule has 104 valence electrons. The maximum absolute atomic E-state index is 10.4. The molecular weight excluding hydrogens is 240 g/mol. The highest BCUT2D eigenvalue weighted by atomic mass is 16.5. The molecule has 0 saturated carbocycles. The van der Waals surface area contributed by atoms with Crippen molar-refractivity contribution in [3.05, 3.63) is 36.0 Å². The zero-order valence-corrected chi connectivity index (χ0v) is 12.0. The average molecular weight is 262 g/mol. The first-order chi connectivity index (χ1) is 8.87. The molecule has 0 bridgehead atoms. The van der Waals surface area contributed by atoms with Crippen LogP contribution in [0.15, 0.2) is 30.4 Å². The van der Waals surface area contributed by atoms with Gasteiger partial charge in [0.1, 0.15) is 0 Å². The van der Waals surface area contributed by atoms with Crippen molar-refractivity contribution < 1.29 is 9.94 Å². The second kappa shape index (κ2) is 5.31. The van der Waals surface area contributed by atoms with Gasteiger partial charge in [0.05, 0.1) is 17.7 Å². The zero-order valence-electron chi connectivity index (χ0n) is 12.0. The lowest BCUT2D eigenvalue weighted by Crippen LogP contribution is -2.43. The van der Waals surface area contributed by atoms with Crippen molar-refractivity contribution in [1.29, 1.82) is 0 Å². The molecule has 1 N–H and O–H groups in total. The largest absolute Gasteiger partial charge is 0.366 e. The molecule has 1 aromatic heterocycles. The van der Waals surface area contributed by atoms with Crippen LogP contribution in [0, 0.1) is 6.92 Å². The predicted molar refractivity (Wildman–Crippen MR) is 75.4 cm³/mol. The van der Waals surface area contributed by atoms with E-state index in [0.29, 0.717) is 5.82 Å². The van der Waals surface area contributed by atoms with E-state index in [1.807, 2.05) is 52.0 Å². The third-order valence-electron chi connectivity index (χ3n) is 2.99. The number of aromatic nitrogens is 1. The van der Waals surface area contributed by atoms with Crippen LogP contribution in [0.25, 0.3) is 0 Å². The lowest BCUT2D eigenvalue weighted by Gasteiger charge is -2.32. The molecule has 0 unspecified atom stereocenters. The lowest BCUT2D eigenvalue weighted by atomic mass is 10.1. The summed E-state index contributed by atoms with van der Waals surface area (Å²) in [4.78, 5) is 4.34. The third kappa shape index (κ3) is 3.55. The standard InChI is InChI=1S/C15H22N2O2/c1-11-7-5-10-14(16-11)17(18)12-8-6-9-13(12)19-15(2,3)4/h5-7,9-10,12-13,18H,8H2,1-4H3/t12-,13-/m1/s1. The van der Waals surface area contributed by atoms with Gasteiger partial charge in [-0.25, -0.2) is 10.0 Å². The summed E-state index contributed by atoms with van der Waals surface area (Å²) in [6, 6.07) is 5.49. The van der Waals surface area contributed by atoms with E-state index < -0.39 is 0 Å². The Bertz CT molecular complexity index is 465. The minimum absolute atomic E-state index is 0.117. The molecule has 1 aliphatic carbocycles. The van der Waals surface area contributed by atoms with Gasteiger partial charge >= 0.3 is 0 Å². The first kappa shape index (κ1) is 14.0. The van der Waals surface area contributed by atoms with E-state index in [2.05, 4.69) is 4.98 Å². The molecular formula is C15H22N2O2. The van der Waals surface area contributed by atoms with Gasteiger partial charge in [0.25, 0.3) is 0 Å². The van der Waals surface area contributed by atoms with Crippen LogP contribution in [0.2, 0.25) is 0 Å². The topological polar surface area (TPSA) is 45.6 Å². The van der Waals surface area contributed by atoms with Crippen LogP contribution >= 0.6 is 0 Å². The molecule has 1 aromatic rings. The van der Waals surface area contributed by atoms with Gasteiger partial charge in [0.2, 0.25) is 0 Å². The number of rotatable bonds is 3. The molecule has 0 fully saturated rings. The van der Waals surface area contributed by atoms with Crippen molar-refractivity contribution >= 4 is 5.82 Å². The van der Waals surface area contributed by atoms with Crippen LogP contribution in [0.3, 0.4) is 0 Å². The maximum Gasteiger partial charge on any atom is 0.152 e. The summed E-state index contributed by atoms with van der Waals surface area (Å²) in [7, 11) is 0. The van der Waals surface area contributed by atoms with E-state index in [1.54, 1.807) is 6.07 Å². The first-order valence-electron chi connectivity index (χ1n) is 6.63. The van der Waals surface area contributed by atoms with Gasteiger partial charge in [0.15, 0.2) is 5.82 Å². The molecule has 0 aromatic carbocycles. The highest BCUT2D eigenvalue weighted by Gasteiger charge is 2.32. The van der Waals surface area contributed by atoms with Crippen molar-refractivity contribution in [2.45, 2.75) is 51.9 Å². The second-order valence-corrected chi connectivity index (χ2v) is 5.91. The monoisotopic (exact) mass is 262 g/mol. The fraction of sp³-hybridized carbons (Fsp3) is 0.533. The smallest absolute Gasteiger partial charge is 0.152 e. The van der Waals surface area contributed by atoms with E-state index in [0.717, 1.165) is 12.1 Å². The summed E-state index contributed by atoms with van der Waals surface area (Å²) >= 11 is 0. The van der Waals surface area contributed by atoms with Gasteiger partial charge in [-0.3, -0.25) is 5.21 Å². The minimum atomic E-state index is -0.238. The van der Waals surface area contributed by atoms with E-state index >= 15 is 0 Å². The van der Waals surface area contributed by atoms with E-state index in [4.69, 9.17) is 4.74 Å². The number of ether oxygens (including phenoxy) is 1. The Morgan fingerprint density at radius 3 is 2.74 bits per heavy atom. The van der Waals surface area contributed by atoms with Crippen molar-refractivity contribution in [2.75, 3.05) is 5.06 Å². The van der Waals surface area contributed by atoms with Crippen LogP contribution < -0.4 is 5.06 Å². The number of hydrogen-bond donors (Lipinski definition) is 1. The molecule has 0 saturated heterocycles. The molecule has 0 amide bonds. The van der Waals surface area contributed by atoms with Gasteiger partial charge in [-0.2, -0.15) is 0 Å². The number of hydrogen-bond acceptors (Lipinski definition) is 4. The fourth-order valence-electron chi connectivity index (χ4n) is 2.21. The Hall–Kier alpha value is -1.39. The van der Waals surface area contributed by atoms with Crippen LogP contribution in [-0.4, -0.2) is 27.9 Å². The minimum Gasteiger partial charge on any atom is -0.366 e. The summed E-state index contributed by atoms with van der Waals surface area (Å²) in [6.07, 6.45) is 4.69. The second-order valence-electron chi connectivity index (χ2n) is 5.91. The molecule has 0 radical (unpaired) electrons. The van der Waals surface area contributed by atoms with Crippen LogP contribution in [0.1, 0.15) is 32.9 Å². The predicted octanol–water partition coefficient (Wildman–Crippen LogP) is 3.10. The first-order valence-corrected chi connectivity index (χ1v) is 6.63. The van der Waals surface area contributed by atoms with E-state index in [9.17, 15) is 5.21 Å². The molecule has 19 heavy (non-hydrogen) atoms. The summed E-state index contributed by atoms with van der Waals surface area (Å²) in [5.74, 6) is 0.566. The van der Waals surface area contributed by atoms with E-state index in [1.165, 1.54) is 5.06 Å². The zero-order chi connectivity index (χ0) is 14.0. The molecule has 0 spiro atoms. The Morgan fingerprint density at radius 1 is 1.37 bits per heavy atom. The molecule has 1 aliphatic rings. The number of aryl methyl sites for hydroxylation is 1. The summed E-state index contributed by atoms with van der Waals surface area (Å²) in [6.45, 7) is 7.96. The Labute approximate surface area is 114 Å². The maximum atomic E-state index is 10.4. The Morgan fingerprint density at radius 2 is 2.11 bits per heavy atom. The quantitative estimate of drug-likeness (QED) is 0.671. The van der Waals surface area contributed by atoms with Gasteiger partial charge in [-0.15, -0.1) is 0 Å². The van der Waals surface area contributed by atoms with Crippen molar-refractivity contribution in [1.82, 2.24) is 4.98 Å². The number of pyridine rings is 1. The number of hydroxylamine groups is 1. The molecule has 4 nitrogen and oxygen atoms in total. The van der Waals surface area contributed by atoms with Gasteiger partial charge in [-0.1, -0.05) is 18.2 Å². The van der Waals surface area contributed by atoms with Crippen molar-refractivity contribution in [2.24, 2.45) is 0 Å². The highest BCUT2D eigenvalue weighted by Crippen LogP contribution is 2.26. The van der Waals surface area contributed by atoms with Crippen LogP contribution in [-0.2, 0) is 4.74 Å². The lowest BCUT2D eigenvalue weighted by molar-refractivity contribution is -0.0539. The Balaban J connectivity index is 2.12. The van der Waals surface area contributed by atoms with Crippen molar-refractivity contribution in [3.63, 3.8) is 0 Å². The average Bonchev–Trinajstić information content (AvgIpc) is 2.73. The Kier molecular flexibility index (Phi) is 3.92. The molecule has 2 rings (SSSR count). The third-order valence-corrected chi connectivity index (χ3v) is 2.99. The number of nitrogens with zero attached hydrogens (tertiary/aromatic N) is 2. The fourth-order valence-corrected chi connectivity index (χ4v) is 2.21. The van der Waals surface area contributed by atoms with Crippen LogP contribution in [0.4, 0.5) is 5.82 Å². The molecule has 4 heteroatoms. The molecule has 0 aliphatic heterocycles. The summed E-state index contributed by atoms with van der Waals surface area (Å²) < 4.78 is 5.97. The van der Waals surface area contributed by atoms with Crippen molar-refractivity contribution in [3.8, 4) is 0 Å². The SMILES string of the molecule is Cc1cccc(N(O)[C@@H]2CC=C[C@H]2OC(C)(C)C)n1. The van der Waals surface area contributed by atoms with Gasteiger partial charge in [0, 0.05) is 5.69 Å². The van der Waals surface area contributed by atoms with Crippen LogP contribution in [0.5, 0.6) is 0 Å².